The number of anilines is 1. The van der Waals surface area contributed by atoms with E-state index in [1.807, 2.05) is 29.5 Å². The van der Waals surface area contributed by atoms with Crippen LogP contribution in [-0.2, 0) is 4.74 Å². The first-order chi connectivity index (χ1) is 16.2. The van der Waals surface area contributed by atoms with Crippen LogP contribution in [0.1, 0.15) is 29.0 Å². The van der Waals surface area contributed by atoms with Crippen LogP contribution in [0.15, 0.2) is 42.7 Å². The minimum Gasteiger partial charge on any atom is -0.491 e. The number of pyridine rings is 1. The van der Waals surface area contributed by atoms with Gasteiger partial charge < -0.3 is 20.1 Å². The first-order valence-electron chi connectivity index (χ1n) is 10.9. The summed E-state index contributed by atoms with van der Waals surface area (Å²) in [6.45, 7) is 4.18. The summed E-state index contributed by atoms with van der Waals surface area (Å²) in [5, 5.41) is 14.8. The number of nitrogens with zero attached hydrogens (tertiary/aromatic N) is 5. The van der Waals surface area contributed by atoms with Crippen molar-refractivity contribution in [3.8, 4) is 5.75 Å². The second kappa shape index (κ2) is 10.7. The highest BCUT2D eigenvalue weighted by Gasteiger charge is 2.13. The van der Waals surface area contributed by atoms with E-state index in [0.29, 0.717) is 43.3 Å². The van der Waals surface area contributed by atoms with E-state index in [2.05, 4.69) is 25.8 Å². The monoisotopic (exact) mass is 449 g/mol. The second-order valence-corrected chi connectivity index (χ2v) is 7.49. The van der Waals surface area contributed by atoms with E-state index in [1.165, 1.54) is 0 Å². The Morgan fingerprint density at radius 1 is 1.12 bits per heavy atom. The quantitative estimate of drug-likeness (QED) is 0.336. The number of aryl methyl sites for hydroxylation is 1. The van der Waals surface area contributed by atoms with Gasteiger partial charge in [-0.1, -0.05) is 0 Å². The van der Waals surface area contributed by atoms with Gasteiger partial charge in [0.25, 0.3) is 5.91 Å². The molecule has 0 radical (unpaired) electrons. The predicted octanol–water partition coefficient (Wildman–Crippen LogP) is 2.63. The number of fused-ring (bicyclic) bond motifs is 3. The zero-order chi connectivity index (χ0) is 23.0. The first kappa shape index (κ1) is 22.4. The number of benzene rings is 1. The largest absolute Gasteiger partial charge is 0.491 e. The zero-order valence-electron chi connectivity index (χ0n) is 18.7. The van der Waals surface area contributed by atoms with E-state index in [4.69, 9.17) is 14.5 Å². The number of carbonyl (C=O) groups is 1. The summed E-state index contributed by atoms with van der Waals surface area (Å²) in [6.07, 6.45) is 4.88. The number of rotatable bonds is 11. The molecule has 4 rings (SSSR count). The van der Waals surface area contributed by atoms with Gasteiger partial charge in [0.05, 0.1) is 23.2 Å². The van der Waals surface area contributed by atoms with E-state index in [0.717, 1.165) is 35.4 Å². The molecule has 33 heavy (non-hydrogen) atoms. The summed E-state index contributed by atoms with van der Waals surface area (Å²) in [6, 6.07) is 9.27. The minimum absolute atomic E-state index is 0.114. The summed E-state index contributed by atoms with van der Waals surface area (Å²) >= 11 is 0. The second-order valence-electron chi connectivity index (χ2n) is 7.49. The van der Waals surface area contributed by atoms with Crippen molar-refractivity contribution < 1.29 is 14.3 Å². The molecule has 2 N–H and O–H groups in total. The number of unbranched alkanes of at least 4 members (excludes halogenated alkanes) is 1. The van der Waals surface area contributed by atoms with E-state index in [1.54, 1.807) is 31.6 Å². The Bertz CT molecular complexity index is 1230. The molecule has 0 saturated carbocycles. The maximum absolute atomic E-state index is 12.1. The number of hydrogen-bond acceptors (Lipinski definition) is 8. The Kier molecular flexibility index (Phi) is 7.26. The molecular formula is C23H27N7O3. The van der Waals surface area contributed by atoms with E-state index in [9.17, 15) is 4.79 Å². The van der Waals surface area contributed by atoms with Crippen LogP contribution in [0.2, 0.25) is 0 Å². The van der Waals surface area contributed by atoms with Crippen molar-refractivity contribution in [2.75, 3.05) is 38.7 Å². The maximum Gasteiger partial charge on any atom is 0.252 e. The van der Waals surface area contributed by atoms with Gasteiger partial charge in [-0.25, -0.2) is 4.98 Å². The third-order valence-electron chi connectivity index (χ3n) is 5.12. The molecule has 3 heterocycles. The van der Waals surface area contributed by atoms with Crippen molar-refractivity contribution in [2.45, 2.75) is 19.8 Å². The molecule has 1 aromatic carbocycles. The molecule has 0 saturated heterocycles. The molecule has 3 aromatic heterocycles. The Morgan fingerprint density at radius 3 is 2.82 bits per heavy atom. The van der Waals surface area contributed by atoms with Gasteiger partial charge in [0.2, 0.25) is 5.65 Å². The Labute approximate surface area is 191 Å². The standard InChI is InChI=1S/C23H27N7O3/c1-16-28-29-22-21(25-10-3-4-11-26-23(31)17-6-5-9-24-15-17)27-19-14-18(33-13-12-32-2)7-8-20(19)30(16)22/h5-9,14-15H,3-4,10-13H2,1-2H3,(H,25,27)(H,26,31). The Balaban J connectivity index is 1.38. The van der Waals surface area contributed by atoms with Crippen molar-refractivity contribution in [1.29, 1.82) is 0 Å². The topological polar surface area (TPSA) is 116 Å². The van der Waals surface area contributed by atoms with Crippen LogP contribution in [0.4, 0.5) is 5.82 Å². The molecule has 0 aliphatic rings. The van der Waals surface area contributed by atoms with Crippen molar-refractivity contribution >= 4 is 28.4 Å². The Hall–Kier alpha value is -3.79. The van der Waals surface area contributed by atoms with Gasteiger partial charge in [-0.15, -0.1) is 10.2 Å². The van der Waals surface area contributed by atoms with Crippen LogP contribution in [0, 0.1) is 6.92 Å². The average Bonchev–Trinajstić information content (AvgIpc) is 3.23. The van der Waals surface area contributed by atoms with E-state index < -0.39 is 0 Å². The van der Waals surface area contributed by atoms with Gasteiger partial charge in [0, 0.05) is 38.7 Å². The highest BCUT2D eigenvalue weighted by Crippen LogP contribution is 2.25. The summed E-state index contributed by atoms with van der Waals surface area (Å²) in [5.41, 5.74) is 2.94. The maximum atomic E-state index is 12.1. The van der Waals surface area contributed by atoms with Crippen LogP contribution in [0.5, 0.6) is 5.75 Å². The number of methoxy groups -OCH3 is 1. The van der Waals surface area contributed by atoms with E-state index >= 15 is 0 Å². The molecule has 0 atom stereocenters. The predicted molar refractivity (Wildman–Crippen MR) is 125 cm³/mol. The molecule has 0 spiro atoms. The van der Waals surface area contributed by atoms with Crippen LogP contribution >= 0.6 is 0 Å². The van der Waals surface area contributed by atoms with Gasteiger partial charge in [0.15, 0.2) is 5.82 Å². The molecule has 172 valence electrons. The van der Waals surface area contributed by atoms with Crippen LogP contribution in [-0.4, -0.2) is 63.9 Å². The van der Waals surface area contributed by atoms with Crippen molar-refractivity contribution in [3.63, 3.8) is 0 Å². The van der Waals surface area contributed by atoms with Gasteiger partial charge >= 0.3 is 0 Å². The molecule has 0 unspecified atom stereocenters. The molecule has 0 aliphatic carbocycles. The molecule has 1 amide bonds. The molecule has 0 bridgehead atoms. The van der Waals surface area contributed by atoms with Gasteiger partial charge in [-0.2, -0.15) is 0 Å². The summed E-state index contributed by atoms with van der Waals surface area (Å²) in [7, 11) is 1.64. The number of nitrogens with one attached hydrogen (secondary N) is 2. The fourth-order valence-electron chi connectivity index (χ4n) is 3.47. The summed E-state index contributed by atoms with van der Waals surface area (Å²) in [5.74, 6) is 2.06. The fraction of sp³-hybridized carbons (Fsp3) is 0.348. The number of carbonyl (C=O) groups excluding carboxylic acids is 1. The van der Waals surface area contributed by atoms with Crippen molar-refractivity contribution in [3.05, 3.63) is 54.1 Å². The van der Waals surface area contributed by atoms with Crippen LogP contribution in [0.25, 0.3) is 16.7 Å². The SMILES string of the molecule is COCCOc1ccc2c(c1)nc(NCCCCNC(=O)c1cccnc1)c1nnc(C)n12. The summed E-state index contributed by atoms with van der Waals surface area (Å²) in [4.78, 5) is 20.8. The van der Waals surface area contributed by atoms with Gasteiger partial charge in [-0.3, -0.25) is 14.2 Å². The normalized spacial score (nSPS) is 11.1. The smallest absolute Gasteiger partial charge is 0.252 e. The average molecular weight is 450 g/mol. The third-order valence-corrected chi connectivity index (χ3v) is 5.12. The molecular weight excluding hydrogens is 422 g/mol. The first-order valence-corrected chi connectivity index (χ1v) is 10.9. The third kappa shape index (κ3) is 5.35. The molecule has 0 fully saturated rings. The summed E-state index contributed by atoms with van der Waals surface area (Å²) < 4.78 is 12.8. The highest BCUT2D eigenvalue weighted by atomic mass is 16.5. The molecule has 4 aromatic rings. The van der Waals surface area contributed by atoms with Crippen molar-refractivity contribution in [1.82, 2.24) is 29.9 Å². The fourth-order valence-corrected chi connectivity index (χ4v) is 3.47. The highest BCUT2D eigenvalue weighted by molar-refractivity contribution is 5.93. The number of amides is 1. The number of ether oxygens (including phenoxy) is 2. The lowest BCUT2D eigenvalue weighted by molar-refractivity contribution is 0.0952. The lowest BCUT2D eigenvalue weighted by Crippen LogP contribution is -2.24. The molecule has 10 heteroatoms. The zero-order valence-corrected chi connectivity index (χ0v) is 18.7. The number of aromatic nitrogens is 5. The lowest BCUT2D eigenvalue weighted by Gasteiger charge is -2.11. The number of hydrogen-bond donors (Lipinski definition) is 2. The molecule has 10 nitrogen and oxygen atoms in total. The van der Waals surface area contributed by atoms with Gasteiger partial charge in [-0.05, 0) is 44.0 Å². The van der Waals surface area contributed by atoms with E-state index in [-0.39, 0.29) is 5.91 Å². The van der Waals surface area contributed by atoms with Crippen molar-refractivity contribution in [2.24, 2.45) is 0 Å². The van der Waals surface area contributed by atoms with Crippen LogP contribution in [0.3, 0.4) is 0 Å². The van der Waals surface area contributed by atoms with Crippen LogP contribution < -0.4 is 15.4 Å². The molecule has 0 aliphatic heterocycles. The minimum atomic E-state index is -0.114. The van der Waals surface area contributed by atoms with Gasteiger partial charge in [0.1, 0.15) is 18.2 Å². The lowest BCUT2D eigenvalue weighted by atomic mass is 10.2. The Morgan fingerprint density at radius 2 is 2.00 bits per heavy atom.